The fourth-order valence-corrected chi connectivity index (χ4v) is 3.00. The van der Waals surface area contributed by atoms with Crippen molar-refractivity contribution in [1.29, 1.82) is 0 Å². The second-order valence-corrected chi connectivity index (χ2v) is 5.96. The summed E-state index contributed by atoms with van der Waals surface area (Å²) in [6.07, 6.45) is 8.31. The van der Waals surface area contributed by atoms with Crippen LogP contribution in [0.5, 0.6) is 0 Å². The van der Waals surface area contributed by atoms with E-state index in [9.17, 15) is 4.79 Å². The van der Waals surface area contributed by atoms with Crippen LogP contribution in [-0.2, 0) is 4.79 Å². The molecule has 0 atom stereocenters. The van der Waals surface area contributed by atoms with E-state index in [-0.39, 0.29) is 5.91 Å². The molecule has 1 aliphatic rings. The molecule has 120 valence electrons. The van der Waals surface area contributed by atoms with Crippen molar-refractivity contribution in [1.82, 2.24) is 0 Å². The Balaban J connectivity index is 1.64. The third-order valence-electron chi connectivity index (χ3n) is 3.85. The molecule has 0 spiro atoms. The number of rotatable bonds is 4. The Bertz CT molecular complexity index is 689. The Kier molecular flexibility index (Phi) is 5.03. The number of piperidine rings is 1. The van der Waals surface area contributed by atoms with Crippen LogP contribution < -0.4 is 10.2 Å². The Morgan fingerprint density at radius 1 is 1.22 bits per heavy atom. The van der Waals surface area contributed by atoms with Crippen molar-refractivity contribution in [3.05, 3.63) is 53.5 Å². The second kappa shape index (κ2) is 7.38. The largest absolute Gasteiger partial charge is 0.465 e. The number of nitrogens with zero attached hydrogens (tertiary/aromatic N) is 1. The molecule has 2 aromatic rings. The number of carbonyl (C=O) groups is 1. The molecule has 0 unspecified atom stereocenters. The number of furan rings is 1. The van der Waals surface area contributed by atoms with E-state index in [2.05, 4.69) is 10.2 Å². The average Bonchev–Trinajstić information content (AvgIpc) is 3.07. The van der Waals surface area contributed by atoms with Gasteiger partial charge in [0.2, 0.25) is 5.91 Å². The van der Waals surface area contributed by atoms with Crippen LogP contribution in [-0.4, -0.2) is 19.0 Å². The summed E-state index contributed by atoms with van der Waals surface area (Å²) >= 11 is 6.38. The van der Waals surface area contributed by atoms with E-state index in [1.165, 1.54) is 25.3 Å². The maximum Gasteiger partial charge on any atom is 0.248 e. The van der Waals surface area contributed by atoms with Crippen LogP contribution in [0.2, 0.25) is 5.02 Å². The van der Waals surface area contributed by atoms with E-state index in [0.29, 0.717) is 16.5 Å². The Morgan fingerprint density at radius 2 is 2.04 bits per heavy atom. The highest BCUT2D eigenvalue weighted by molar-refractivity contribution is 6.33. The fraction of sp³-hybridized carbons (Fsp3) is 0.278. The maximum absolute atomic E-state index is 11.9. The monoisotopic (exact) mass is 330 g/mol. The zero-order valence-electron chi connectivity index (χ0n) is 12.8. The molecule has 1 aromatic heterocycles. The lowest BCUT2D eigenvalue weighted by atomic mass is 10.1. The number of hydrogen-bond acceptors (Lipinski definition) is 3. The highest BCUT2D eigenvalue weighted by Crippen LogP contribution is 2.30. The van der Waals surface area contributed by atoms with Crippen molar-refractivity contribution >= 4 is 35.0 Å². The van der Waals surface area contributed by atoms with E-state index < -0.39 is 0 Å². The number of anilines is 2. The Morgan fingerprint density at radius 3 is 2.74 bits per heavy atom. The molecule has 0 saturated carbocycles. The first-order valence-electron chi connectivity index (χ1n) is 7.79. The zero-order chi connectivity index (χ0) is 16.1. The molecule has 1 amide bonds. The maximum atomic E-state index is 11.9. The van der Waals surface area contributed by atoms with Gasteiger partial charge >= 0.3 is 0 Å². The van der Waals surface area contributed by atoms with Gasteiger partial charge in [0.25, 0.3) is 0 Å². The number of nitrogens with one attached hydrogen (secondary N) is 1. The number of carbonyl (C=O) groups excluding carboxylic acids is 1. The Hall–Kier alpha value is -2.20. The van der Waals surface area contributed by atoms with Crippen molar-refractivity contribution in [3.8, 4) is 0 Å². The van der Waals surface area contributed by atoms with Crippen molar-refractivity contribution in [3.63, 3.8) is 0 Å². The van der Waals surface area contributed by atoms with E-state index in [0.717, 1.165) is 18.8 Å². The van der Waals surface area contributed by atoms with Gasteiger partial charge in [-0.15, -0.1) is 0 Å². The first-order valence-corrected chi connectivity index (χ1v) is 8.17. The van der Waals surface area contributed by atoms with Crippen molar-refractivity contribution in [2.75, 3.05) is 23.3 Å². The lowest BCUT2D eigenvalue weighted by Crippen LogP contribution is -2.29. The van der Waals surface area contributed by atoms with Gasteiger partial charge < -0.3 is 14.6 Å². The molecule has 3 rings (SSSR count). The van der Waals surface area contributed by atoms with Gasteiger partial charge in [0.1, 0.15) is 5.76 Å². The van der Waals surface area contributed by atoms with Crippen LogP contribution in [0.3, 0.4) is 0 Å². The van der Waals surface area contributed by atoms with Gasteiger partial charge in [0.15, 0.2) is 0 Å². The third-order valence-corrected chi connectivity index (χ3v) is 4.16. The molecule has 1 N–H and O–H groups in total. The lowest BCUT2D eigenvalue weighted by molar-refractivity contribution is -0.111. The van der Waals surface area contributed by atoms with E-state index >= 15 is 0 Å². The van der Waals surface area contributed by atoms with E-state index in [1.54, 1.807) is 30.5 Å². The van der Waals surface area contributed by atoms with Crippen LogP contribution in [0.25, 0.3) is 6.08 Å². The van der Waals surface area contributed by atoms with E-state index in [4.69, 9.17) is 16.0 Å². The summed E-state index contributed by atoms with van der Waals surface area (Å²) in [4.78, 5) is 14.2. The van der Waals surface area contributed by atoms with Gasteiger partial charge in [-0.3, -0.25) is 4.79 Å². The van der Waals surface area contributed by atoms with Gasteiger partial charge in [-0.2, -0.15) is 0 Å². The summed E-state index contributed by atoms with van der Waals surface area (Å²) in [5.41, 5.74) is 1.72. The molecule has 1 aliphatic heterocycles. The minimum absolute atomic E-state index is 0.219. The number of amides is 1. The molecule has 0 bridgehead atoms. The normalized spacial score (nSPS) is 15.1. The highest BCUT2D eigenvalue weighted by Gasteiger charge is 2.14. The zero-order valence-corrected chi connectivity index (χ0v) is 13.6. The van der Waals surface area contributed by atoms with E-state index in [1.807, 2.05) is 12.1 Å². The van der Waals surface area contributed by atoms with Crippen LogP contribution in [0.15, 0.2) is 47.1 Å². The minimum Gasteiger partial charge on any atom is -0.465 e. The topological polar surface area (TPSA) is 45.5 Å². The summed E-state index contributed by atoms with van der Waals surface area (Å²) in [5.74, 6) is 0.418. The van der Waals surface area contributed by atoms with Crippen LogP contribution in [0, 0.1) is 0 Å². The predicted molar refractivity (Wildman–Crippen MR) is 93.9 cm³/mol. The molecule has 1 saturated heterocycles. The summed E-state index contributed by atoms with van der Waals surface area (Å²) in [6.45, 7) is 2.08. The minimum atomic E-state index is -0.219. The highest BCUT2D eigenvalue weighted by atomic mass is 35.5. The van der Waals surface area contributed by atoms with Gasteiger partial charge in [-0.25, -0.2) is 0 Å². The molecule has 4 nitrogen and oxygen atoms in total. The van der Waals surface area contributed by atoms with Gasteiger partial charge in [0, 0.05) is 24.9 Å². The predicted octanol–water partition coefficient (Wildman–Crippen LogP) is 4.58. The molecule has 1 aromatic carbocycles. The summed E-state index contributed by atoms with van der Waals surface area (Å²) in [5, 5.41) is 3.47. The summed E-state index contributed by atoms with van der Waals surface area (Å²) < 4.78 is 5.14. The molecule has 23 heavy (non-hydrogen) atoms. The van der Waals surface area contributed by atoms with Crippen molar-refractivity contribution < 1.29 is 9.21 Å². The number of benzene rings is 1. The first kappa shape index (κ1) is 15.7. The molecular formula is C18H19ClN2O2. The van der Waals surface area contributed by atoms with Crippen molar-refractivity contribution in [2.45, 2.75) is 19.3 Å². The van der Waals surface area contributed by atoms with Gasteiger partial charge in [-0.05, 0) is 55.7 Å². The first-order chi connectivity index (χ1) is 11.2. The van der Waals surface area contributed by atoms with Crippen LogP contribution in [0.1, 0.15) is 25.0 Å². The second-order valence-electron chi connectivity index (χ2n) is 5.55. The standard InChI is InChI=1S/C18H19ClN2O2/c19-16-13-14(6-8-17(16)21-10-2-1-3-11-21)20-18(22)9-7-15-5-4-12-23-15/h4-9,12-13H,1-3,10-11H2,(H,20,22). The fourth-order valence-electron chi connectivity index (χ4n) is 2.70. The smallest absolute Gasteiger partial charge is 0.248 e. The molecule has 0 radical (unpaired) electrons. The van der Waals surface area contributed by atoms with Crippen molar-refractivity contribution in [2.24, 2.45) is 0 Å². The Labute approximate surface area is 140 Å². The molecular weight excluding hydrogens is 312 g/mol. The van der Waals surface area contributed by atoms with Crippen LogP contribution in [0.4, 0.5) is 11.4 Å². The summed E-state index contributed by atoms with van der Waals surface area (Å²) in [6, 6.07) is 9.21. The average molecular weight is 331 g/mol. The molecule has 1 fully saturated rings. The summed E-state index contributed by atoms with van der Waals surface area (Å²) in [7, 11) is 0. The van der Waals surface area contributed by atoms with Gasteiger partial charge in [-0.1, -0.05) is 11.6 Å². The molecule has 2 heterocycles. The molecule has 0 aliphatic carbocycles. The number of halogens is 1. The quantitative estimate of drug-likeness (QED) is 0.835. The molecule has 5 heteroatoms. The SMILES string of the molecule is O=C(C=Cc1ccco1)Nc1ccc(N2CCCCC2)c(Cl)c1. The number of hydrogen-bond donors (Lipinski definition) is 1. The van der Waals surface area contributed by atoms with Gasteiger partial charge in [0.05, 0.1) is 17.0 Å². The third kappa shape index (κ3) is 4.17. The lowest BCUT2D eigenvalue weighted by Gasteiger charge is -2.29. The van der Waals surface area contributed by atoms with Crippen LogP contribution >= 0.6 is 11.6 Å².